The van der Waals surface area contributed by atoms with Crippen molar-refractivity contribution in [2.75, 3.05) is 0 Å². The van der Waals surface area contributed by atoms with Crippen molar-refractivity contribution in [3.8, 4) is 11.3 Å². The maximum absolute atomic E-state index is 6.02. The van der Waals surface area contributed by atoms with E-state index in [0.717, 1.165) is 22.0 Å². The van der Waals surface area contributed by atoms with Crippen LogP contribution in [0.15, 0.2) is 42.5 Å². The monoisotopic (exact) mass is 281 g/mol. The number of aromatic nitrogens is 1. The van der Waals surface area contributed by atoms with Crippen LogP contribution in [0.5, 0.6) is 0 Å². The Morgan fingerprint density at radius 2 is 1.87 bits per heavy atom. The van der Waals surface area contributed by atoms with Gasteiger partial charge in [0.1, 0.15) is 0 Å². The molecule has 2 rings (SSSR count). The fraction of sp³-hybridized carbons (Fsp3) is 0.0833. The highest BCUT2D eigenvalue weighted by Gasteiger charge is 2.02. The van der Waals surface area contributed by atoms with Crippen molar-refractivity contribution in [1.29, 1.82) is 0 Å². The van der Waals surface area contributed by atoms with Gasteiger partial charge < -0.3 is 0 Å². The van der Waals surface area contributed by atoms with Crippen LogP contribution in [0.4, 0.5) is 0 Å². The van der Waals surface area contributed by atoms with Gasteiger partial charge in [-0.25, -0.2) is 0 Å². The van der Waals surface area contributed by atoms with Crippen molar-refractivity contribution < 1.29 is 0 Å². The average molecular weight is 283 g/mol. The Hall–Kier alpha value is -0.860. The van der Waals surface area contributed by atoms with Gasteiger partial charge in [-0.15, -0.1) is 0 Å². The zero-order valence-corrected chi connectivity index (χ0v) is 10.3. The third-order valence-corrected chi connectivity index (χ3v) is 2.84. The Kier molecular flexibility index (Phi) is 3.39. The second-order valence-electron chi connectivity index (χ2n) is 3.16. The first-order chi connectivity index (χ1) is 7.29. The molecule has 1 heterocycles. The van der Waals surface area contributed by atoms with Gasteiger partial charge in [0, 0.05) is 15.9 Å². The molecule has 0 spiro atoms. The van der Waals surface area contributed by atoms with Crippen LogP contribution >= 0.6 is 27.5 Å². The van der Waals surface area contributed by atoms with E-state index in [2.05, 4.69) is 20.9 Å². The Balaban J connectivity index is 2.49. The predicted octanol–water partition coefficient (Wildman–Crippen LogP) is 4.30. The molecule has 0 aliphatic carbocycles. The molecular weight excluding hydrogens is 273 g/mol. The van der Waals surface area contributed by atoms with Crippen LogP contribution in [-0.2, 0) is 5.33 Å². The first-order valence-corrected chi connectivity index (χ1v) is 6.07. The zero-order chi connectivity index (χ0) is 10.7. The summed E-state index contributed by atoms with van der Waals surface area (Å²) in [5.74, 6) is 0. The van der Waals surface area contributed by atoms with Gasteiger partial charge in [0.15, 0.2) is 0 Å². The molecule has 0 saturated heterocycles. The van der Waals surface area contributed by atoms with E-state index in [-0.39, 0.29) is 0 Å². The molecule has 0 aliphatic rings. The first kappa shape index (κ1) is 10.7. The van der Waals surface area contributed by atoms with Gasteiger partial charge in [-0.3, -0.25) is 4.98 Å². The van der Waals surface area contributed by atoms with E-state index in [1.54, 1.807) is 0 Å². The lowest BCUT2D eigenvalue weighted by Gasteiger charge is -2.03. The summed E-state index contributed by atoms with van der Waals surface area (Å²) in [6.07, 6.45) is 0. The summed E-state index contributed by atoms with van der Waals surface area (Å²) in [7, 11) is 0. The fourth-order valence-electron chi connectivity index (χ4n) is 1.38. The van der Waals surface area contributed by atoms with E-state index in [9.17, 15) is 0 Å². The third kappa shape index (κ3) is 2.58. The van der Waals surface area contributed by atoms with E-state index in [0.29, 0.717) is 5.33 Å². The molecule has 0 radical (unpaired) electrons. The highest BCUT2D eigenvalue weighted by molar-refractivity contribution is 9.08. The number of benzene rings is 1. The van der Waals surface area contributed by atoms with E-state index in [1.807, 2.05) is 42.5 Å². The molecule has 1 aromatic heterocycles. The van der Waals surface area contributed by atoms with Gasteiger partial charge in [-0.05, 0) is 12.1 Å². The van der Waals surface area contributed by atoms with Gasteiger partial charge in [0.2, 0.25) is 0 Å². The first-order valence-electron chi connectivity index (χ1n) is 4.57. The molecule has 1 nitrogen and oxygen atoms in total. The lowest BCUT2D eigenvalue weighted by Crippen LogP contribution is -1.89. The molecule has 0 fully saturated rings. The summed E-state index contributed by atoms with van der Waals surface area (Å²) in [5.41, 5.74) is 2.95. The van der Waals surface area contributed by atoms with Crippen molar-refractivity contribution in [3.05, 3.63) is 53.2 Å². The lowest BCUT2D eigenvalue weighted by molar-refractivity contribution is 1.19. The minimum atomic E-state index is 0.716. The molecule has 3 heteroatoms. The number of alkyl halides is 1. The fourth-order valence-corrected chi connectivity index (χ4v) is 1.89. The summed E-state index contributed by atoms with van der Waals surface area (Å²) in [4.78, 5) is 4.49. The lowest BCUT2D eigenvalue weighted by atomic mass is 10.1. The van der Waals surface area contributed by atoms with Crippen molar-refractivity contribution >= 4 is 27.5 Å². The number of hydrogen-bond donors (Lipinski definition) is 0. The molecule has 2 aromatic rings. The minimum Gasteiger partial charge on any atom is -0.252 e. The van der Waals surface area contributed by atoms with Crippen molar-refractivity contribution in [2.45, 2.75) is 5.33 Å². The Bertz CT molecular complexity index is 456. The van der Waals surface area contributed by atoms with Gasteiger partial charge in [-0.2, -0.15) is 0 Å². The molecule has 0 atom stereocenters. The molecule has 0 aliphatic heterocycles. The molecule has 0 unspecified atom stereocenters. The maximum atomic E-state index is 6.02. The van der Waals surface area contributed by atoms with Crippen molar-refractivity contribution in [2.24, 2.45) is 0 Å². The molecule has 0 amide bonds. The maximum Gasteiger partial charge on any atom is 0.0720 e. The van der Waals surface area contributed by atoms with Gasteiger partial charge in [-0.1, -0.05) is 57.9 Å². The van der Waals surface area contributed by atoms with Gasteiger partial charge in [0.05, 0.1) is 11.4 Å². The van der Waals surface area contributed by atoms with E-state index in [1.165, 1.54) is 0 Å². The van der Waals surface area contributed by atoms with E-state index < -0.39 is 0 Å². The van der Waals surface area contributed by atoms with Gasteiger partial charge >= 0.3 is 0 Å². The van der Waals surface area contributed by atoms with Crippen LogP contribution in [0.1, 0.15) is 5.69 Å². The Morgan fingerprint density at radius 1 is 1.13 bits per heavy atom. The molecule has 0 N–H and O–H groups in total. The van der Waals surface area contributed by atoms with Crippen LogP contribution in [-0.4, -0.2) is 4.98 Å². The predicted molar refractivity (Wildman–Crippen MR) is 67.3 cm³/mol. The zero-order valence-electron chi connectivity index (χ0n) is 7.95. The minimum absolute atomic E-state index is 0.716. The normalized spacial score (nSPS) is 10.3. The molecule has 15 heavy (non-hydrogen) atoms. The average Bonchev–Trinajstić information content (AvgIpc) is 2.29. The number of hydrogen-bond acceptors (Lipinski definition) is 1. The smallest absolute Gasteiger partial charge is 0.0720 e. The molecule has 0 saturated carbocycles. The topological polar surface area (TPSA) is 12.9 Å². The summed E-state index contributed by atoms with van der Waals surface area (Å²) in [5, 5.41) is 1.44. The Labute approximate surface area is 102 Å². The second kappa shape index (κ2) is 4.77. The van der Waals surface area contributed by atoms with Crippen LogP contribution in [0.25, 0.3) is 11.3 Å². The number of pyridine rings is 1. The molecule has 76 valence electrons. The van der Waals surface area contributed by atoms with Crippen LogP contribution in [0, 0.1) is 0 Å². The standard InChI is InChI=1S/C12H9BrClN/c13-8-11-6-10(14)7-12(15-11)9-4-2-1-3-5-9/h1-7H,8H2. The van der Waals surface area contributed by atoms with Crippen LogP contribution in [0.2, 0.25) is 5.02 Å². The summed E-state index contributed by atoms with van der Waals surface area (Å²) in [6, 6.07) is 13.8. The Morgan fingerprint density at radius 3 is 2.53 bits per heavy atom. The van der Waals surface area contributed by atoms with Crippen molar-refractivity contribution in [1.82, 2.24) is 4.98 Å². The number of nitrogens with zero attached hydrogens (tertiary/aromatic N) is 1. The van der Waals surface area contributed by atoms with E-state index in [4.69, 9.17) is 11.6 Å². The summed E-state index contributed by atoms with van der Waals surface area (Å²) >= 11 is 9.40. The largest absolute Gasteiger partial charge is 0.252 e. The second-order valence-corrected chi connectivity index (χ2v) is 4.16. The number of rotatable bonds is 2. The number of halogens is 2. The molecule has 1 aromatic carbocycles. The molecular formula is C12H9BrClN. The molecule has 0 bridgehead atoms. The summed E-state index contributed by atoms with van der Waals surface area (Å²) < 4.78 is 0. The van der Waals surface area contributed by atoms with Crippen molar-refractivity contribution in [3.63, 3.8) is 0 Å². The SMILES string of the molecule is Clc1cc(CBr)nc(-c2ccccc2)c1. The highest BCUT2D eigenvalue weighted by Crippen LogP contribution is 2.22. The summed E-state index contributed by atoms with van der Waals surface area (Å²) in [6.45, 7) is 0. The van der Waals surface area contributed by atoms with Gasteiger partial charge in [0.25, 0.3) is 0 Å². The van der Waals surface area contributed by atoms with E-state index >= 15 is 0 Å². The highest BCUT2D eigenvalue weighted by atomic mass is 79.9. The quantitative estimate of drug-likeness (QED) is 0.749. The third-order valence-electron chi connectivity index (χ3n) is 2.05. The van der Waals surface area contributed by atoms with Crippen LogP contribution < -0.4 is 0 Å². The van der Waals surface area contributed by atoms with Crippen LogP contribution in [0.3, 0.4) is 0 Å².